The molecule has 0 bridgehead atoms. The van der Waals surface area contributed by atoms with Crippen LogP contribution in [0.25, 0.3) is 0 Å². The number of hydrogen-bond acceptors (Lipinski definition) is 3. The smallest absolute Gasteiger partial charge is 0.481 e. The van der Waals surface area contributed by atoms with Gasteiger partial charge < -0.3 is 9.84 Å². The molecule has 0 fully saturated rings. The zero-order valence-electron chi connectivity index (χ0n) is 9.76. The molecular weight excluding hydrogens is 296 g/mol. The topological polar surface area (TPSA) is 59.4 Å². The Labute approximate surface area is 108 Å². The molecule has 1 aromatic heterocycles. The third-order valence-electron chi connectivity index (χ3n) is 2.11. The highest BCUT2D eigenvalue weighted by atomic mass is 19.4. The van der Waals surface area contributed by atoms with Gasteiger partial charge in [0.25, 0.3) is 0 Å². The molecule has 0 aliphatic heterocycles. The molecule has 1 N–H and O–H groups in total. The number of carboxylic acid groups (broad SMARTS) is 1. The van der Waals surface area contributed by atoms with Crippen LogP contribution in [-0.4, -0.2) is 22.4 Å². The molecule has 1 rings (SSSR count). The van der Waals surface area contributed by atoms with Crippen LogP contribution in [0.15, 0.2) is 6.07 Å². The van der Waals surface area contributed by atoms with Crippen LogP contribution >= 0.6 is 0 Å². The highest BCUT2D eigenvalue weighted by molar-refractivity contribution is 5.71. The van der Waals surface area contributed by atoms with Crippen molar-refractivity contribution >= 4 is 5.97 Å². The summed E-state index contributed by atoms with van der Waals surface area (Å²) in [6.07, 6.45) is -11.1. The van der Waals surface area contributed by atoms with E-state index in [1.807, 2.05) is 0 Å². The summed E-state index contributed by atoms with van der Waals surface area (Å²) in [5.74, 6) is -2.82. The molecule has 1 heterocycles. The number of aromatic nitrogens is 1. The standard InChI is InChI=1S/C10H7F6NO3/c1-4-6(9(11,12)13)2-5(3-7(18)19)8(17-4)20-10(14,15)16/h2H,3H2,1H3,(H,18,19). The maximum atomic E-state index is 12.6. The summed E-state index contributed by atoms with van der Waals surface area (Å²) in [5.41, 5.74) is -2.87. The van der Waals surface area contributed by atoms with Crippen LogP contribution in [0.1, 0.15) is 16.8 Å². The maximum absolute atomic E-state index is 12.6. The first-order valence-electron chi connectivity index (χ1n) is 4.95. The minimum atomic E-state index is -5.19. The van der Waals surface area contributed by atoms with Crippen molar-refractivity contribution in [2.75, 3.05) is 0 Å². The fourth-order valence-electron chi connectivity index (χ4n) is 1.40. The molecule has 0 aliphatic carbocycles. The molecular formula is C10H7F6NO3. The van der Waals surface area contributed by atoms with E-state index in [0.717, 1.165) is 6.92 Å². The summed E-state index contributed by atoms with van der Waals surface area (Å²) in [6, 6.07) is 0.289. The van der Waals surface area contributed by atoms with Crippen LogP contribution in [0, 0.1) is 6.92 Å². The predicted octanol–water partition coefficient (Wildman–Crippen LogP) is 2.93. The molecule has 0 amide bonds. The SMILES string of the molecule is Cc1nc(OC(F)(F)F)c(CC(=O)O)cc1C(F)(F)F. The van der Waals surface area contributed by atoms with Gasteiger partial charge in [-0.05, 0) is 13.0 Å². The molecule has 1 aromatic rings. The predicted molar refractivity (Wildman–Crippen MR) is 52.0 cm³/mol. The van der Waals surface area contributed by atoms with Gasteiger partial charge in [0.15, 0.2) is 0 Å². The van der Waals surface area contributed by atoms with Gasteiger partial charge >= 0.3 is 18.5 Å². The van der Waals surface area contributed by atoms with Crippen LogP contribution < -0.4 is 4.74 Å². The fourth-order valence-corrected chi connectivity index (χ4v) is 1.40. The summed E-state index contributed by atoms with van der Waals surface area (Å²) in [6.45, 7) is 0.844. The van der Waals surface area contributed by atoms with Crippen molar-refractivity contribution in [3.05, 3.63) is 22.9 Å². The zero-order valence-corrected chi connectivity index (χ0v) is 9.76. The third kappa shape index (κ3) is 4.28. The van der Waals surface area contributed by atoms with E-state index in [2.05, 4.69) is 9.72 Å². The van der Waals surface area contributed by atoms with Crippen molar-refractivity contribution in [3.8, 4) is 5.88 Å². The lowest BCUT2D eigenvalue weighted by Crippen LogP contribution is -2.21. The summed E-state index contributed by atoms with van der Waals surface area (Å²) in [7, 11) is 0. The number of ether oxygens (including phenoxy) is 1. The van der Waals surface area contributed by atoms with Gasteiger partial charge in [-0.1, -0.05) is 0 Å². The summed E-state index contributed by atoms with van der Waals surface area (Å²) in [5, 5.41) is 8.51. The Kier molecular flexibility index (Phi) is 4.15. The lowest BCUT2D eigenvalue weighted by molar-refractivity contribution is -0.276. The van der Waals surface area contributed by atoms with Crippen LogP contribution in [0.4, 0.5) is 26.3 Å². The van der Waals surface area contributed by atoms with Gasteiger partial charge in [0.05, 0.1) is 17.7 Å². The number of aryl methyl sites for hydroxylation is 1. The highest BCUT2D eigenvalue weighted by Crippen LogP contribution is 2.35. The molecule has 0 unspecified atom stereocenters. The summed E-state index contributed by atoms with van der Waals surface area (Å²) in [4.78, 5) is 13.5. The number of rotatable bonds is 3. The molecule has 0 atom stereocenters. The van der Waals surface area contributed by atoms with Crippen LogP contribution in [0.5, 0.6) is 5.88 Å². The largest absolute Gasteiger partial charge is 0.574 e. The minimum Gasteiger partial charge on any atom is -0.481 e. The zero-order chi connectivity index (χ0) is 15.7. The molecule has 0 saturated heterocycles. The normalized spacial score (nSPS) is 12.3. The van der Waals surface area contributed by atoms with Gasteiger partial charge in [0.1, 0.15) is 0 Å². The second-order valence-electron chi connectivity index (χ2n) is 3.70. The molecule has 4 nitrogen and oxygen atoms in total. The third-order valence-corrected chi connectivity index (χ3v) is 2.11. The van der Waals surface area contributed by atoms with E-state index in [-0.39, 0.29) is 6.07 Å². The first kappa shape index (κ1) is 16.1. The molecule has 0 aromatic carbocycles. The molecule has 20 heavy (non-hydrogen) atoms. The Morgan fingerprint density at radius 1 is 1.30 bits per heavy atom. The fraction of sp³-hybridized carbons (Fsp3) is 0.400. The van der Waals surface area contributed by atoms with Gasteiger partial charge in [-0.15, -0.1) is 13.2 Å². The number of pyridine rings is 1. The van der Waals surface area contributed by atoms with Crippen molar-refractivity contribution in [2.24, 2.45) is 0 Å². The second kappa shape index (κ2) is 5.17. The Morgan fingerprint density at radius 2 is 1.85 bits per heavy atom. The quantitative estimate of drug-likeness (QED) is 0.872. The Bertz CT molecular complexity index is 523. The van der Waals surface area contributed by atoms with Crippen molar-refractivity contribution in [1.82, 2.24) is 4.98 Å². The number of halogens is 6. The number of carboxylic acids is 1. The van der Waals surface area contributed by atoms with Crippen molar-refractivity contribution in [2.45, 2.75) is 25.9 Å². The Hall–Kier alpha value is -2.00. The minimum absolute atomic E-state index is 0.289. The second-order valence-corrected chi connectivity index (χ2v) is 3.70. The highest BCUT2D eigenvalue weighted by Gasteiger charge is 2.37. The van der Waals surface area contributed by atoms with Crippen molar-refractivity contribution in [1.29, 1.82) is 0 Å². The number of aliphatic carboxylic acids is 1. The lowest BCUT2D eigenvalue weighted by Gasteiger charge is -2.16. The molecule has 0 spiro atoms. The molecule has 0 aliphatic rings. The number of alkyl halides is 6. The van der Waals surface area contributed by atoms with E-state index >= 15 is 0 Å². The van der Waals surface area contributed by atoms with E-state index in [1.165, 1.54) is 0 Å². The molecule has 0 saturated carbocycles. The number of nitrogens with zero attached hydrogens (tertiary/aromatic N) is 1. The van der Waals surface area contributed by atoms with E-state index in [1.54, 1.807) is 0 Å². The van der Waals surface area contributed by atoms with Gasteiger partial charge in [-0.3, -0.25) is 4.79 Å². The van der Waals surface area contributed by atoms with Crippen LogP contribution in [0.3, 0.4) is 0 Å². The van der Waals surface area contributed by atoms with Gasteiger partial charge in [0, 0.05) is 5.56 Å². The maximum Gasteiger partial charge on any atom is 0.574 e. The van der Waals surface area contributed by atoms with Crippen LogP contribution in [0.2, 0.25) is 0 Å². The van der Waals surface area contributed by atoms with Crippen molar-refractivity contribution in [3.63, 3.8) is 0 Å². The Morgan fingerprint density at radius 3 is 2.25 bits per heavy atom. The molecule has 0 radical (unpaired) electrons. The van der Waals surface area contributed by atoms with Crippen LogP contribution in [-0.2, 0) is 17.4 Å². The first-order chi connectivity index (χ1) is 8.90. The van der Waals surface area contributed by atoms with E-state index in [9.17, 15) is 31.1 Å². The van der Waals surface area contributed by atoms with E-state index in [0.29, 0.717) is 0 Å². The monoisotopic (exact) mass is 303 g/mol. The number of carbonyl (C=O) groups is 1. The van der Waals surface area contributed by atoms with E-state index < -0.39 is 47.6 Å². The average Bonchev–Trinajstić information content (AvgIpc) is 2.16. The lowest BCUT2D eigenvalue weighted by atomic mass is 10.1. The first-order valence-corrected chi connectivity index (χ1v) is 4.95. The molecule has 10 heteroatoms. The van der Waals surface area contributed by atoms with Crippen molar-refractivity contribution < 1.29 is 41.0 Å². The summed E-state index contributed by atoms with van der Waals surface area (Å²) >= 11 is 0. The average molecular weight is 303 g/mol. The molecule has 112 valence electrons. The Balaban J connectivity index is 3.36. The van der Waals surface area contributed by atoms with Gasteiger partial charge in [0.2, 0.25) is 5.88 Å². The van der Waals surface area contributed by atoms with Gasteiger partial charge in [-0.25, -0.2) is 4.98 Å². The number of hydrogen-bond donors (Lipinski definition) is 1. The summed E-state index contributed by atoms with van der Waals surface area (Å²) < 4.78 is 77.5. The van der Waals surface area contributed by atoms with Gasteiger partial charge in [-0.2, -0.15) is 13.2 Å². The van der Waals surface area contributed by atoms with E-state index in [4.69, 9.17) is 5.11 Å².